The Bertz CT molecular complexity index is 670. The molecule has 114 valence electrons. The maximum Gasteiger partial charge on any atom is 0.240 e. The van der Waals surface area contributed by atoms with Gasteiger partial charge >= 0.3 is 0 Å². The molecule has 0 fully saturated rings. The third kappa shape index (κ3) is 5.74. The van der Waals surface area contributed by atoms with Crippen molar-refractivity contribution < 1.29 is 16.8 Å². The van der Waals surface area contributed by atoms with Crippen LogP contribution in [-0.4, -0.2) is 36.2 Å². The Morgan fingerprint density at radius 3 is 2.30 bits per heavy atom. The van der Waals surface area contributed by atoms with Crippen LogP contribution in [0.25, 0.3) is 0 Å². The zero-order valence-corrected chi connectivity index (χ0v) is 12.6. The Morgan fingerprint density at radius 1 is 1.15 bits per heavy atom. The van der Waals surface area contributed by atoms with Gasteiger partial charge in [-0.2, -0.15) is 0 Å². The lowest BCUT2D eigenvalue weighted by Gasteiger charge is -2.09. The SMILES string of the molecule is CS(=O)(=O)NCCCNc1ccc(S(N)(=O)=O)c(N)c1. The smallest absolute Gasteiger partial charge is 0.240 e. The number of hydrogen-bond donors (Lipinski definition) is 4. The van der Waals surface area contributed by atoms with Gasteiger partial charge in [0.25, 0.3) is 0 Å². The minimum atomic E-state index is -3.83. The van der Waals surface area contributed by atoms with E-state index >= 15 is 0 Å². The molecule has 0 bridgehead atoms. The van der Waals surface area contributed by atoms with Crippen LogP contribution in [0, 0.1) is 0 Å². The first-order chi connectivity index (χ1) is 9.09. The largest absolute Gasteiger partial charge is 0.398 e. The van der Waals surface area contributed by atoms with E-state index in [1.165, 1.54) is 12.1 Å². The highest BCUT2D eigenvalue weighted by Gasteiger charge is 2.12. The molecule has 0 spiro atoms. The molecule has 0 saturated heterocycles. The first kappa shape index (κ1) is 16.7. The lowest BCUT2D eigenvalue weighted by molar-refractivity contribution is 0.586. The maximum absolute atomic E-state index is 11.2. The van der Waals surface area contributed by atoms with Crippen molar-refractivity contribution >= 4 is 31.4 Å². The summed E-state index contributed by atoms with van der Waals surface area (Å²) in [6, 6.07) is 4.32. The molecule has 0 amide bonds. The Morgan fingerprint density at radius 2 is 1.80 bits per heavy atom. The van der Waals surface area contributed by atoms with Gasteiger partial charge < -0.3 is 11.1 Å². The molecule has 1 rings (SSSR count). The fourth-order valence-electron chi connectivity index (χ4n) is 1.50. The van der Waals surface area contributed by atoms with E-state index in [9.17, 15) is 16.8 Å². The van der Waals surface area contributed by atoms with Crippen LogP contribution in [0.4, 0.5) is 11.4 Å². The van der Waals surface area contributed by atoms with Crippen molar-refractivity contribution in [3.05, 3.63) is 18.2 Å². The number of rotatable bonds is 7. The van der Waals surface area contributed by atoms with Crippen LogP contribution < -0.4 is 20.9 Å². The predicted octanol–water partition coefficient (Wildman–Crippen LogP) is -0.733. The van der Waals surface area contributed by atoms with Crippen LogP contribution in [0.3, 0.4) is 0 Å². The third-order valence-corrected chi connectivity index (χ3v) is 4.08. The van der Waals surface area contributed by atoms with Gasteiger partial charge in [0.15, 0.2) is 0 Å². The molecule has 8 nitrogen and oxygen atoms in total. The molecule has 1 aromatic rings. The van der Waals surface area contributed by atoms with Gasteiger partial charge in [0.2, 0.25) is 20.0 Å². The third-order valence-electron chi connectivity index (χ3n) is 2.36. The monoisotopic (exact) mass is 322 g/mol. The van der Waals surface area contributed by atoms with Crippen LogP contribution in [0.15, 0.2) is 23.1 Å². The van der Waals surface area contributed by atoms with Crippen LogP contribution >= 0.6 is 0 Å². The van der Waals surface area contributed by atoms with E-state index < -0.39 is 20.0 Å². The summed E-state index contributed by atoms with van der Waals surface area (Å²) in [6.07, 6.45) is 1.66. The van der Waals surface area contributed by atoms with Crippen molar-refractivity contribution in [3.63, 3.8) is 0 Å². The number of anilines is 2. The molecule has 6 N–H and O–H groups in total. The molecule has 0 radical (unpaired) electrons. The topological polar surface area (TPSA) is 144 Å². The Kier molecular flexibility index (Phi) is 5.34. The van der Waals surface area contributed by atoms with Crippen LogP contribution in [0.1, 0.15) is 6.42 Å². The number of nitrogens with two attached hydrogens (primary N) is 2. The fraction of sp³-hybridized carbons (Fsp3) is 0.400. The van der Waals surface area contributed by atoms with Crippen molar-refractivity contribution in [3.8, 4) is 0 Å². The summed E-state index contributed by atoms with van der Waals surface area (Å²) in [5, 5.41) is 7.99. The lowest BCUT2D eigenvalue weighted by Crippen LogP contribution is -2.24. The number of primary sulfonamides is 1. The Hall–Kier alpha value is -1.36. The van der Waals surface area contributed by atoms with E-state index in [1.807, 2.05) is 0 Å². The zero-order valence-electron chi connectivity index (χ0n) is 11.0. The van der Waals surface area contributed by atoms with Gasteiger partial charge in [-0.15, -0.1) is 0 Å². The quantitative estimate of drug-likeness (QED) is 0.384. The van der Waals surface area contributed by atoms with Gasteiger partial charge in [0.1, 0.15) is 4.90 Å². The summed E-state index contributed by atoms with van der Waals surface area (Å²) < 4.78 is 46.3. The first-order valence-corrected chi connectivity index (χ1v) is 9.14. The lowest BCUT2D eigenvalue weighted by atomic mass is 10.2. The molecule has 0 saturated carbocycles. The van der Waals surface area contributed by atoms with Gasteiger partial charge in [0.05, 0.1) is 11.9 Å². The van der Waals surface area contributed by atoms with Crippen LogP contribution in [-0.2, 0) is 20.0 Å². The number of hydrogen-bond acceptors (Lipinski definition) is 6. The molecule has 0 unspecified atom stereocenters. The average molecular weight is 322 g/mol. The second-order valence-corrected chi connectivity index (χ2v) is 7.61. The van der Waals surface area contributed by atoms with Gasteiger partial charge in [-0.25, -0.2) is 26.7 Å². The molecule has 0 aromatic heterocycles. The summed E-state index contributed by atoms with van der Waals surface area (Å²) in [6.45, 7) is 0.827. The Labute approximate surface area is 118 Å². The molecule has 20 heavy (non-hydrogen) atoms. The normalized spacial score (nSPS) is 12.3. The van der Waals surface area contributed by atoms with Crippen molar-refractivity contribution in [2.45, 2.75) is 11.3 Å². The Balaban J connectivity index is 2.53. The number of benzene rings is 1. The highest BCUT2D eigenvalue weighted by molar-refractivity contribution is 7.89. The maximum atomic E-state index is 11.2. The van der Waals surface area contributed by atoms with Gasteiger partial charge in [0, 0.05) is 18.8 Å². The summed E-state index contributed by atoms with van der Waals surface area (Å²) in [7, 11) is -7.00. The highest BCUT2D eigenvalue weighted by Crippen LogP contribution is 2.21. The minimum Gasteiger partial charge on any atom is -0.398 e. The van der Waals surface area contributed by atoms with E-state index in [0.29, 0.717) is 25.2 Å². The molecule has 10 heteroatoms. The summed E-state index contributed by atoms with van der Waals surface area (Å²) in [5.41, 5.74) is 6.30. The number of nitrogen functional groups attached to an aromatic ring is 1. The zero-order chi connectivity index (χ0) is 15.4. The second kappa shape index (κ2) is 6.39. The average Bonchev–Trinajstić information content (AvgIpc) is 2.25. The van der Waals surface area contributed by atoms with Crippen LogP contribution in [0.2, 0.25) is 0 Å². The standard InChI is InChI=1S/C10H18N4O4S2/c1-19(15,16)14-6-2-5-13-8-3-4-10(9(11)7-8)20(12,17)18/h3-4,7,13-14H,2,5-6,11H2,1H3,(H2,12,17,18). The molecular weight excluding hydrogens is 304 g/mol. The van der Waals surface area contributed by atoms with Gasteiger partial charge in [-0.3, -0.25) is 0 Å². The first-order valence-electron chi connectivity index (χ1n) is 5.70. The molecule has 1 aromatic carbocycles. The second-order valence-electron chi connectivity index (χ2n) is 4.24. The summed E-state index contributed by atoms with van der Waals surface area (Å²) in [4.78, 5) is -0.123. The predicted molar refractivity (Wildman–Crippen MR) is 78.2 cm³/mol. The van der Waals surface area contributed by atoms with E-state index in [0.717, 1.165) is 6.26 Å². The molecule has 0 aliphatic rings. The molecule has 0 aliphatic heterocycles. The van der Waals surface area contributed by atoms with E-state index in [-0.39, 0.29) is 10.6 Å². The summed E-state index contributed by atoms with van der Waals surface area (Å²) >= 11 is 0. The summed E-state index contributed by atoms with van der Waals surface area (Å²) in [5.74, 6) is 0. The molecule has 0 heterocycles. The van der Waals surface area contributed by atoms with Crippen molar-refractivity contribution in [2.24, 2.45) is 5.14 Å². The van der Waals surface area contributed by atoms with E-state index in [4.69, 9.17) is 10.9 Å². The molecule has 0 aliphatic carbocycles. The van der Waals surface area contributed by atoms with Crippen molar-refractivity contribution in [1.29, 1.82) is 0 Å². The highest BCUT2D eigenvalue weighted by atomic mass is 32.2. The number of sulfonamides is 2. The fourth-order valence-corrected chi connectivity index (χ4v) is 2.66. The van der Waals surface area contributed by atoms with Crippen LogP contribution in [0.5, 0.6) is 0 Å². The van der Waals surface area contributed by atoms with E-state index in [1.54, 1.807) is 6.07 Å². The molecular formula is C10H18N4O4S2. The minimum absolute atomic E-state index is 0.0618. The number of nitrogens with one attached hydrogen (secondary N) is 2. The van der Waals surface area contributed by atoms with Gasteiger partial charge in [-0.1, -0.05) is 0 Å². The van der Waals surface area contributed by atoms with Gasteiger partial charge in [-0.05, 0) is 24.6 Å². The molecule has 0 atom stereocenters. The van der Waals surface area contributed by atoms with Crippen molar-refractivity contribution in [2.75, 3.05) is 30.4 Å². The van der Waals surface area contributed by atoms with Crippen molar-refractivity contribution in [1.82, 2.24) is 4.72 Å². The van der Waals surface area contributed by atoms with E-state index in [2.05, 4.69) is 10.0 Å².